The number of H-pyrrole nitrogens is 1. The number of nitrogens with zero attached hydrogens (tertiary/aromatic N) is 3. The molecule has 0 aliphatic rings. The Morgan fingerprint density at radius 2 is 1.85 bits per heavy atom. The highest BCUT2D eigenvalue weighted by Gasteiger charge is 2.13. The Balaban J connectivity index is 1.64. The van der Waals surface area contributed by atoms with E-state index >= 15 is 0 Å². The quantitative estimate of drug-likeness (QED) is 0.527. The largest absolute Gasteiger partial charge is 0.345 e. The summed E-state index contributed by atoms with van der Waals surface area (Å²) in [5, 5.41) is 7.42. The number of aromatic amines is 1. The van der Waals surface area contributed by atoms with Gasteiger partial charge in [-0.05, 0) is 40.2 Å². The van der Waals surface area contributed by atoms with Crippen LogP contribution in [0.3, 0.4) is 0 Å². The van der Waals surface area contributed by atoms with Gasteiger partial charge < -0.3 is 10.3 Å². The van der Waals surface area contributed by atoms with Crippen LogP contribution in [0.5, 0.6) is 0 Å². The summed E-state index contributed by atoms with van der Waals surface area (Å²) in [5.41, 5.74) is 1.45. The Kier molecular flexibility index (Phi) is 4.55. The number of para-hydroxylation sites is 1. The molecule has 0 saturated heterocycles. The van der Waals surface area contributed by atoms with Crippen molar-refractivity contribution >= 4 is 32.9 Å². The van der Waals surface area contributed by atoms with Crippen molar-refractivity contribution in [2.45, 2.75) is 6.54 Å². The van der Waals surface area contributed by atoms with Crippen molar-refractivity contribution in [1.82, 2.24) is 25.1 Å². The molecular weight excluding hydrogens is 410 g/mol. The molecule has 0 saturated carbocycles. The first-order valence-electron chi connectivity index (χ1n) is 8.18. The van der Waals surface area contributed by atoms with E-state index in [0.717, 1.165) is 5.69 Å². The van der Waals surface area contributed by atoms with Crippen LogP contribution in [0, 0.1) is 0 Å². The number of carbonyl (C=O) groups excluding carboxylic acids is 1. The van der Waals surface area contributed by atoms with E-state index in [9.17, 15) is 9.59 Å². The Morgan fingerprint density at radius 1 is 1.11 bits per heavy atom. The van der Waals surface area contributed by atoms with E-state index in [0.29, 0.717) is 26.9 Å². The van der Waals surface area contributed by atoms with Gasteiger partial charge in [0.05, 0.1) is 24.0 Å². The molecule has 4 rings (SSSR count). The third-order valence-electron chi connectivity index (χ3n) is 4.02. The fourth-order valence-corrected chi connectivity index (χ4v) is 3.18. The topological polar surface area (TPSA) is 92.7 Å². The lowest BCUT2D eigenvalue weighted by molar-refractivity contribution is 0.0949. The van der Waals surface area contributed by atoms with Crippen LogP contribution in [-0.4, -0.2) is 25.7 Å². The maximum Gasteiger partial charge on any atom is 0.262 e. The van der Waals surface area contributed by atoms with Gasteiger partial charge in [-0.15, -0.1) is 0 Å². The lowest BCUT2D eigenvalue weighted by atomic mass is 10.2. The number of rotatable bonds is 4. The first-order valence-corrected chi connectivity index (χ1v) is 8.98. The summed E-state index contributed by atoms with van der Waals surface area (Å²) < 4.78 is 2.30. The van der Waals surface area contributed by atoms with Crippen LogP contribution in [-0.2, 0) is 6.54 Å². The van der Waals surface area contributed by atoms with Crippen LogP contribution in [0.2, 0.25) is 0 Å². The lowest BCUT2D eigenvalue weighted by Crippen LogP contribution is -2.26. The first kappa shape index (κ1) is 17.2. The van der Waals surface area contributed by atoms with E-state index in [2.05, 4.69) is 36.3 Å². The van der Waals surface area contributed by atoms with Crippen molar-refractivity contribution in [3.8, 4) is 5.69 Å². The summed E-state index contributed by atoms with van der Waals surface area (Å²) in [6, 6.07) is 16.5. The van der Waals surface area contributed by atoms with Crippen molar-refractivity contribution in [3.05, 3.63) is 87.0 Å². The predicted molar refractivity (Wildman–Crippen MR) is 105 cm³/mol. The normalized spacial score (nSPS) is 10.9. The average molecular weight is 424 g/mol. The molecule has 1 amide bonds. The second kappa shape index (κ2) is 7.16. The van der Waals surface area contributed by atoms with Gasteiger partial charge in [0.2, 0.25) is 0 Å². The predicted octanol–water partition coefficient (Wildman–Crippen LogP) is 2.80. The van der Waals surface area contributed by atoms with E-state index in [4.69, 9.17) is 0 Å². The van der Waals surface area contributed by atoms with E-state index in [1.807, 2.05) is 36.4 Å². The summed E-state index contributed by atoms with van der Waals surface area (Å²) in [4.78, 5) is 31.9. The third kappa shape index (κ3) is 3.39. The van der Waals surface area contributed by atoms with Gasteiger partial charge in [-0.25, -0.2) is 9.67 Å². The van der Waals surface area contributed by atoms with Crippen molar-refractivity contribution in [3.63, 3.8) is 0 Å². The van der Waals surface area contributed by atoms with E-state index in [-0.39, 0.29) is 18.0 Å². The number of nitrogens with one attached hydrogen (secondary N) is 2. The summed E-state index contributed by atoms with van der Waals surface area (Å²) in [6.45, 7) is 0.0886. The average Bonchev–Trinajstić information content (AvgIpc) is 3.12. The summed E-state index contributed by atoms with van der Waals surface area (Å²) >= 11 is 3.35. The monoisotopic (exact) mass is 423 g/mol. The molecule has 2 aromatic carbocycles. The Hall–Kier alpha value is -3.26. The van der Waals surface area contributed by atoms with Crippen LogP contribution < -0.4 is 10.9 Å². The molecule has 2 aromatic heterocycles. The van der Waals surface area contributed by atoms with Gasteiger partial charge in [-0.3, -0.25) is 9.59 Å². The molecule has 2 heterocycles. The van der Waals surface area contributed by atoms with Crippen molar-refractivity contribution in [2.75, 3.05) is 0 Å². The standard InChI is InChI=1S/C19H14BrN5O2/c20-15-9-5-4-8-13(15)18(26)21-11-16-23-17-14(19(27)24-16)10-22-25(17)12-6-2-1-3-7-12/h1-10H,11H2,(H,21,26)(H,23,24,27). The molecule has 0 radical (unpaired) electrons. The number of benzene rings is 2. The second-order valence-corrected chi connectivity index (χ2v) is 6.66. The highest BCUT2D eigenvalue weighted by Crippen LogP contribution is 2.16. The van der Waals surface area contributed by atoms with Gasteiger partial charge in [-0.2, -0.15) is 5.10 Å². The maximum atomic E-state index is 12.3. The molecule has 134 valence electrons. The Labute approximate surface area is 162 Å². The number of carbonyl (C=O) groups is 1. The second-order valence-electron chi connectivity index (χ2n) is 5.80. The highest BCUT2D eigenvalue weighted by atomic mass is 79.9. The number of hydrogen-bond donors (Lipinski definition) is 2. The zero-order valence-corrected chi connectivity index (χ0v) is 15.6. The van der Waals surface area contributed by atoms with Gasteiger partial charge >= 0.3 is 0 Å². The zero-order valence-electron chi connectivity index (χ0n) is 14.0. The minimum atomic E-state index is -0.299. The Morgan fingerprint density at radius 3 is 2.63 bits per heavy atom. The van der Waals surface area contributed by atoms with E-state index in [1.54, 1.807) is 22.9 Å². The Bertz CT molecular complexity index is 1180. The van der Waals surface area contributed by atoms with Gasteiger partial charge in [0.15, 0.2) is 5.65 Å². The smallest absolute Gasteiger partial charge is 0.262 e. The molecule has 0 atom stereocenters. The molecule has 0 spiro atoms. The molecule has 0 fully saturated rings. The fourth-order valence-electron chi connectivity index (χ4n) is 2.71. The molecule has 4 aromatic rings. The molecule has 0 bridgehead atoms. The molecule has 0 unspecified atom stereocenters. The molecule has 2 N–H and O–H groups in total. The van der Waals surface area contributed by atoms with E-state index in [1.165, 1.54) is 6.20 Å². The number of fused-ring (bicyclic) bond motifs is 1. The number of hydrogen-bond acceptors (Lipinski definition) is 4. The highest BCUT2D eigenvalue weighted by molar-refractivity contribution is 9.10. The van der Waals surface area contributed by atoms with E-state index < -0.39 is 0 Å². The molecule has 8 heteroatoms. The zero-order chi connectivity index (χ0) is 18.8. The number of amides is 1. The summed E-state index contributed by atoms with van der Waals surface area (Å²) in [7, 11) is 0. The number of halogens is 1. The van der Waals surface area contributed by atoms with Gasteiger partial charge in [0, 0.05) is 4.47 Å². The summed E-state index contributed by atoms with van der Waals surface area (Å²) in [5.74, 6) is 0.0902. The fraction of sp³-hybridized carbons (Fsp3) is 0.0526. The van der Waals surface area contributed by atoms with Crippen molar-refractivity contribution in [2.24, 2.45) is 0 Å². The van der Waals surface area contributed by atoms with Gasteiger partial charge in [-0.1, -0.05) is 30.3 Å². The SMILES string of the molecule is O=C(NCc1nc2c(cnn2-c2ccccc2)c(=O)[nH]1)c1ccccc1Br. The third-order valence-corrected chi connectivity index (χ3v) is 4.71. The van der Waals surface area contributed by atoms with Gasteiger partial charge in [0.25, 0.3) is 11.5 Å². The van der Waals surface area contributed by atoms with Crippen LogP contribution in [0.1, 0.15) is 16.2 Å². The van der Waals surface area contributed by atoms with Crippen LogP contribution in [0.15, 0.2) is 70.1 Å². The minimum absolute atomic E-state index is 0.0886. The van der Waals surface area contributed by atoms with Crippen LogP contribution in [0.25, 0.3) is 16.7 Å². The van der Waals surface area contributed by atoms with Gasteiger partial charge in [0.1, 0.15) is 11.2 Å². The van der Waals surface area contributed by atoms with Crippen molar-refractivity contribution < 1.29 is 4.79 Å². The molecule has 0 aliphatic carbocycles. The summed E-state index contributed by atoms with van der Waals surface area (Å²) in [6.07, 6.45) is 1.48. The molecule has 7 nitrogen and oxygen atoms in total. The molecular formula is C19H14BrN5O2. The van der Waals surface area contributed by atoms with Crippen LogP contribution >= 0.6 is 15.9 Å². The van der Waals surface area contributed by atoms with Crippen LogP contribution in [0.4, 0.5) is 0 Å². The molecule has 27 heavy (non-hydrogen) atoms. The lowest BCUT2D eigenvalue weighted by Gasteiger charge is -2.07. The number of aromatic nitrogens is 4. The minimum Gasteiger partial charge on any atom is -0.345 e. The maximum absolute atomic E-state index is 12.3. The van der Waals surface area contributed by atoms with Crippen molar-refractivity contribution in [1.29, 1.82) is 0 Å². The first-order chi connectivity index (χ1) is 13.1. The molecule has 0 aliphatic heterocycles.